The van der Waals surface area contributed by atoms with Crippen molar-refractivity contribution < 1.29 is 9.90 Å². The third-order valence-corrected chi connectivity index (χ3v) is 5.29. The lowest BCUT2D eigenvalue weighted by Gasteiger charge is -2.01. The Kier molecular flexibility index (Phi) is 5.57. The number of carboxylic acid groups (broad SMARTS) is 1. The lowest BCUT2D eigenvalue weighted by Crippen LogP contribution is -2.15. The van der Waals surface area contributed by atoms with Crippen LogP contribution in [0.5, 0.6) is 0 Å². The number of hydrogen-bond acceptors (Lipinski definition) is 4. The fourth-order valence-corrected chi connectivity index (χ4v) is 4.13. The first-order valence-corrected chi connectivity index (χ1v) is 8.30. The molecular formula is C13H14BrNO2S2. The maximum Gasteiger partial charge on any atom is 0.308 e. The van der Waals surface area contributed by atoms with Crippen LogP contribution >= 0.6 is 38.6 Å². The van der Waals surface area contributed by atoms with E-state index in [0.717, 1.165) is 24.4 Å². The first-order chi connectivity index (χ1) is 9.13. The second-order valence-electron chi connectivity index (χ2n) is 4.07. The van der Waals surface area contributed by atoms with Crippen molar-refractivity contribution in [3.05, 3.63) is 42.7 Å². The van der Waals surface area contributed by atoms with Crippen LogP contribution in [0.25, 0.3) is 0 Å². The van der Waals surface area contributed by atoms with Gasteiger partial charge in [0, 0.05) is 27.7 Å². The highest BCUT2D eigenvalue weighted by Gasteiger charge is 2.04. The summed E-state index contributed by atoms with van der Waals surface area (Å²) >= 11 is 6.77. The molecule has 0 bridgehead atoms. The zero-order valence-corrected chi connectivity index (χ0v) is 13.4. The van der Waals surface area contributed by atoms with Crippen LogP contribution in [0.15, 0.2) is 28.1 Å². The summed E-state index contributed by atoms with van der Waals surface area (Å²) in [6.45, 7) is 1.73. The first-order valence-electron chi connectivity index (χ1n) is 5.88. The molecule has 2 rings (SSSR count). The lowest BCUT2D eigenvalue weighted by molar-refractivity contribution is -0.136. The Labute approximate surface area is 128 Å². The van der Waals surface area contributed by atoms with Gasteiger partial charge in [-0.05, 0) is 46.6 Å². The molecule has 2 N–H and O–H groups in total. The minimum Gasteiger partial charge on any atom is -0.481 e. The molecule has 0 amide bonds. The molecule has 2 aromatic rings. The van der Waals surface area contributed by atoms with E-state index < -0.39 is 5.97 Å². The Morgan fingerprint density at radius 1 is 1.16 bits per heavy atom. The molecule has 3 nitrogen and oxygen atoms in total. The van der Waals surface area contributed by atoms with Crippen LogP contribution in [0.3, 0.4) is 0 Å². The average molecular weight is 360 g/mol. The van der Waals surface area contributed by atoms with E-state index in [2.05, 4.69) is 33.4 Å². The van der Waals surface area contributed by atoms with Gasteiger partial charge in [-0.3, -0.25) is 4.79 Å². The smallest absolute Gasteiger partial charge is 0.308 e. The van der Waals surface area contributed by atoms with Gasteiger partial charge < -0.3 is 10.4 Å². The van der Waals surface area contributed by atoms with Gasteiger partial charge in [0.15, 0.2) is 0 Å². The van der Waals surface area contributed by atoms with Gasteiger partial charge in [-0.25, -0.2) is 0 Å². The molecule has 0 radical (unpaired) electrons. The van der Waals surface area contributed by atoms with Crippen LogP contribution in [0.2, 0.25) is 0 Å². The predicted octanol–water partition coefficient (Wildman–Crippen LogP) is 3.53. The van der Waals surface area contributed by atoms with Crippen molar-refractivity contribution in [3.63, 3.8) is 0 Å². The molecule has 19 heavy (non-hydrogen) atoms. The third-order valence-electron chi connectivity index (χ3n) is 2.52. The number of halogens is 1. The van der Waals surface area contributed by atoms with Crippen molar-refractivity contribution >= 4 is 44.6 Å². The summed E-state index contributed by atoms with van der Waals surface area (Å²) in [6.07, 6.45) is 1.14. The van der Waals surface area contributed by atoms with E-state index in [0.29, 0.717) is 0 Å². The monoisotopic (exact) mass is 359 g/mol. The molecule has 0 saturated carbocycles. The molecule has 2 heterocycles. The fraction of sp³-hybridized carbons (Fsp3) is 0.308. The van der Waals surface area contributed by atoms with Gasteiger partial charge in [-0.15, -0.1) is 22.7 Å². The second kappa shape index (κ2) is 7.19. The van der Waals surface area contributed by atoms with E-state index in [-0.39, 0.29) is 6.42 Å². The molecular weight excluding hydrogens is 346 g/mol. The number of aliphatic carboxylic acids is 1. The number of rotatable bonds is 7. The molecule has 0 aromatic carbocycles. The molecule has 0 fully saturated rings. The minimum absolute atomic E-state index is 0.119. The first kappa shape index (κ1) is 14.7. The van der Waals surface area contributed by atoms with Crippen molar-refractivity contribution in [2.24, 2.45) is 0 Å². The summed E-state index contributed by atoms with van der Waals surface area (Å²) in [7, 11) is 0. The standard InChI is InChI=1S/C13H14BrNO2S2/c14-12-4-3-9(19-12)5-6-15-8-11-2-1-10(18-11)7-13(16)17/h1-4,15H,5-8H2,(H,16,17). The molecule has 6 heteroatoms. The molecule has 102 valence electrons. The van der Waals surface area contributed by atoms with E-state index in [9.17, 15) is 4.79 Å². The molecule has 0 saturated heterocycles. The van der Waals surface area contributed by atoms with E-state index in [1.165, 1.54) is 13.5 Å². The van der Waals surface area contributed by atoms with Crippen molar-refractivity contribution in [1.29, 1.82) is 0 Å². The Morgan fingerprint density at radius 2 is 1.89 bits per heavy atom. The number of thiophene rings is 2. The number of carboxylic acids is 1. The van der Waals surface area contributed by atoms with Gasteiger partial charge in [0.05, 0.1) is 10.2 Å². The Bertz CT molecular complexity index is 550. The summed E-state index contributed by atoms with van der Waals surface area (Å²) in [5, 5.41) is 12.1. The molecule has 0 aliphatic heterocycles. The Hall–Kier alpha value is -0.690. The van der Waals surface area contributed by atoms with Gasteiger partial charge >= 0.3 is 5.97 Å². The van der Waals surface area contributed by atoms with Crippen LogP contribution in [0.4, 0.5) is 0 Å². The maximum absolute atomic E-state index is 10.6. The van der Waals surface area contributed by atoms with Gasteiger partial charge in [0.2, 0.25) is 0 Å². The van der Waals surface area contributed by atoms with E-state index in [1.807, 2.05) is 12.1 Å². The van der Waals surface area contributed by atoms with Gasteiger partial charge in [-0.2, -0.15) is 0 Å². The zero-order chi connectivity index (χ0) is 13.7. The molecule has 0 aliphatic rings. The Morgan fingerprint density at radius 3 is 2.58 bits per heavy atom. The van der Waals surface area contributed by atoms with Crippen LogP contribution in [0, 0.1) is 0 Å². The highest BCUT2D eigenvalue weighted by atomic mass is 79.9. The molecule has 0 spiro atoms. The Balaban J connectivity index is 1.70. The minimum atomic E-state index is -0.773. The summed E-state index contributed by atoms with van der Waals surface area (Å²) in [6, 6.07) is 8.09. The third kappa shape index (κ3) is 5.06. The topological polar surface area (TPSA) is 49.3 Å². The lowest BCUT2D eigenvalue weighted by atomic mass is 10.3. The summed E-state index contributed by atoms with van der Waals surface area (Å²) in [5.74, 6) is -0.773. The van der Waals surface area contributed by atoms with Crippen LogP contribution < -0.4 is 5.32 Å². The highest BCUT2D eigenvalue weighted by Crippen LogP contribution is 2.22. The number of nitrogens with one attached hydrogen (secondary N) is 1. The zero-order valence-electron chi connectivity index (χ0n) is 10.2. The average Bonchev–Trinajstić information content (AvgIpc) is 2.94. The van der Waals surface area contributed by atoms with Gasteiger partial charge in [-0.1, -0.05) is 0 Å². The maximum atomic E-state index is 10.6. The van der Waals surface area contributed by atoms with Crippen LogP contribution in [-0.2, 0) is 24.2 Å². The SMILES string of the molecule is O=C(O)Cc1ccc(CNCCc2ccc(Br)s2)s1. The van der Waals surface area contributed by atoms with E-state index in [4.69, 9.17) is 5.11 Å². The van der Waals surface area contributed by atoms with Crippen LogP contribution in [0.1, 0.15) is 14.6 Å². The number of hydrogen-bond donors (Lipinski definition) is 2. The largest absolute Gasteiger partial charge is 0.481 e. The van der Waals surface area contributed by atoms with Crippen LogP contribution in [-0.4, -0.2) is 17.6 Å². The molecule has 0 aliphatic carbocycles. The molecule has 2 aromatic heterocycles. The second-order valence-corrected chi connectivity index (χ2v) is 7.87. The molecule has 0 unspecified atom stereocenters. The highest BCUT2D eigenvalue weighted by molar-refractivity contribution is 9.11. The normalized spacial score (nSPS) is 10.8. The van der Waals surface area contributed by atoms with Crippen molar-refractivity contribution in [1.82, 2.24) is 5.32 Å². The van der Waals surface area contributed by atoms with E-state index >= 15 is 0 Å². The molecule has 0 atom stereocenters. The van der Waals surface area contributed by atoms with Crippen molar-refractivity contribution in [2.45, 2.75) is 19.4 Å². The summed E-state index contributed by atoms with van der Waals surface area (Å²) in [5.41, 5.74) is 0. The summed E-state index contributed by atoms with van der Waals surface area (Å²) in [4.78, 5) is 14.0. The van der Waals surface area contributed by atoms with Gasteiger partial charge in [0.25, 0.3) is 0 Å². The predicted molar refractivity (Wildman–Crippen MR) is 83.1 cm³/mol. The quantitative estimate of drug-likeness (QED) is 0.743. The van der Waals surface area contributed by atoms with Crippen molar-refractivity contribution in [2.75, 3.05) is 6.54 Å². The number of carbonyl (C=O) groups is 1. The summed E-state index contributed by atoms with van der Waals surface area (Å²) < 4.78 is 1.17. The van der Waals surface area contributed by atoms with Gasteiger partial charge in [0.1, 0.15) is 0 Å². The fourth-order valence-electron chi connectivity index (χ4n) is 1.67. The van der Waals surface area contributed by atoms with Crippen molar-refractivity contribution in [3.8, 4) is 0 Å². The van der Waals surface area contributed by atoms with E-state index in [1.54, 1.807) is 22.7 Å².